The highest BCUT2D eigenvalue weighted by atomic mass is 32.2. The molecule has 5 rings (SSSR count). The summed E-state index contributed by atoms with van der Waals surface area (Å²) in [6.45, 7) is 4.14. The first-order chi connectivity index (χ1) is 17.7. The van der Waals surface area contributed by atoms with Crippen molar-refractivity contribution in [3.63, 3.8) is 0 Å². The number of rotatable bonds is 8. The molecule has 1 aliphatic heterocycles. The molecule has 0 bridgehead atoms. The molecule has 1 amide bonds. The lowest BCUT2D eigenvalue weighted by molar-refractivity contribution is -0.130. The number of amides is 1. The van der Waals surface area contributed by atoms with Gasteiger partial charge in [0.1, 0.15) is 5.75 Å². The van der Waals surface area contributed by atoms with E-state index in [0.29, 0.717) is 16.7 Å². The van der Waals surface area contributed by atoms with Gasteiger partial charge < -0.3 is 9.64 Å². The van der Waals surface area contributed by atoms with Crippen molar-refractivity contribution < 1.29 is 9.53 Å². The Morgan fingerprint density at radius 2 is 1.64 bits per heavy atom. The maximum Gasteiger partial charge on any atom is 0.233 e. The van der Waals surface area contributed by atoms with Crippen molar-refractivity contribution in [2.75, 3.05) is 39.0 Å². The maximum absolute atomic E-state index is 13.0. The van der Waals surface area contributed by atoms with E-state index >= 15 is 0 Å². The number of hydrogen-bond donors (Lipinski definition) is 0. The van der Waals surface area contributed by atoms with Gasteiger partial charge in [-0.3, -0.25) is 19.2 Å². The minimum absolute atomic E-state index is 0.120. The molecule has 3 heterocycles. The molecule has 4 aromatic rings. The van der Waals surface area contributed by atoms with E-state index in [1.165, 1.54) is 17.3 Å². The Balaban J connectivity index is 1.26. The summed E-state index contributed by atoms with van der Waals surface area (Å²) < 4.78 is 7.29. The van der Waals surface area contributed by atoms with Crippen LogP contribution >= 0.6 is 11.8 Å². The van der Waals surface area contributed by atoms with Crippen molar-refractivity contribution in [3.8, 4) is 22.8 Å². The standard InChI is InChI=1S/C27H28N6O2S/c1-35-24-9-7-23(8-10-24)33-26(22-11-13-28-14-12-22)29-30-27(33)36-20-25(34)32-17-15-31(16-18-32)19-21-5-3-2-4-6-21/h2-14H,15-20H2,1H3. The third-order valence-corrected chi connectivity index (χ3v) is 7.11. The van der Waals surface area contributed by atoms with Gasteiger partial charge in [-0.15, -0.1) is 10.2 Å². The number of piperazine rings is 1. The molecule has 36 heavy (non-hydrogen) atoms. The van der Waals surface area contributed by atoms with Gasteiger partial charge in [0.2, 0.25) is 5.91 Å². The second-order valence-electron chi connectivity index (χ2n) is 8.51. The molecule has 8 nitrogen and oxygen atoms in total. The fourth-order valence-electron chi connectivity index (χ4n) is 4.23. The van der Waals surface area contributed by atoms with Crippen molar-refractivity contribution in [2.45, 2.75) is 11.7 Å². The van der Waals surface area contributed by atoms with E-state index in [2.05, 4.69) is 44.3 Å². The minimum atomic E-state index is 0.120. The van der Waals surface area contributed by atoms with Crippen LogP contribution in [0, 0.1) is 0 Å². The molecule has 2 aromatic carbocycles. The van der Waals surface area contributed by atoms with E-state index in [0.717, 1.165) is 49.7 Å². The van der Waals surface area contributed by atoms with Crippen LogP contribution in [0.1, 0.15) is 5.56 Å². The predicted molar refractivity (Wildman–Crippen MR) is 140 cm³/mol. The van der Waals surface area contributed by atoms with Gasteiger partial charge in [0.05, 0.1) is 12.9 Å². The molecule has 2 aromatic heterocycles. The Kier molecular flexibility index (Phi) is 7.58. The largest absolute Gasteiger partial charge is 0.497 e. The molecule has 9 heteroatoms. The number of ether oxygens (including phenoxy) is 1. The number of aromatic nitrogens is 4. The summed E-state index contributed by atoms with van der Waals surface area (Å²) in [5.74, 6) is 1.90. The summed E-state index contributed by atoms with van der Waals surface area (Å²) >= 11 is 1.41. The summed E-state index contributed by atoms with van der Waals surface area (Å²) in [4.78, 5) is 21.5. The molecule has 184 valence electrons. The van der Waals surface area contributed by atoms with Crippen molar-refractivity contribution in [1.82, 2.24) is 29.5 Å². The van der Waals surface area contributed by atoms with Gasteiger partial charge in [0.25, 0.3) is 0 Å². The number of benzene rings is 2. The lowest BCUT2D eigenvalue weighted by Crippen LogP contribution is -2.48. The van der Waals surface area contributed by atoms with Crippen LogP contribution in [0.5, 0.6) is 5.75 Å². The highest BCUT2D eigenvalue weighted by Gasteiger charge is 2.23. The third-order valence-electron chi connectivity index (χ3n) is 6.20. The van der Waals surface area contributed by atoms with Gasteiger partial charge in [-0.25, -0.2) is 0 Å². The van der Waals surface area contributed by atoms with Crippen LogP contribution < -0.4 is 4.74 Å². The smallest absolute Gasteiger partial charge is 0.233 e. The van der Waals surface area contributed by atoms with Gasteiger partial charge in [-0.2, -0.15) is 0 Å². The van der Waals surface area contributed by atoms with E-state index in [-0.39, 0.29) is 5.91 Å². The average molecular weight is 501 g/mol. The highest BCUT2D eigenvalue weighted by Crippen LogP contribution is 2.29. The molecular weight excluding hydrogens is 472 g/mol. The number of pyridine rings is 1. The summed E-state index contributed by atoms with van der Waals surface area (Å²) in [6.07, 6.45) is 3.46. The van der Waals surface area contributed by atoms with Crippen LogP contribution in [0.2, 0.25) is 0 Å². The fraction of sp³-hybridized carbons (Fsp3) is 0.259. The highest BCUT2D eigenvalue weighted by molar-refractivity contribution is 7.99. The minimum Gasteiger partial charge on any atom is -0.497 e. The molecule has 0 radical (unpaired) electrons. The fourth-order valence-corrected chi connectivity index (χ4v) is 5.08. The zero-order valence-electron chi connectivity index (χ0n) is 20.2. The maximum atomic E-state index is 13.0. The molecule has 0 atom stereocenters. The number of methoxy groups -OCH3 is 1. The topological polar surface area (TPSA) is 76.4 Å². The number of nitrogens with zero attached hydrogens (tertiary/aromatic N) is 6. The Bertz CT molecular complexity index is 1270. The molecular formula is C27H28N6O2S. The molecule has 0 N–H and O–H groups in total. The summed E-state index contributed by atoms with van der Waals surface area (Å²) in [6, 6.07) is 22.0. The van der Waals surface area contributed by atoms with Gasteiger partial charge in [-0.05, 0) is 42.0 Å². The predicted octanol–water partition coefficient (Wildman–Crippen LogP) is 3.77. The molecule has 0 saturated carbocycles. The molecule has 0 aliphatic carbocycles. The van der Waals surface area contributed by atoms with Crippen LogP contribution in [-0.2, 0) is 11.3 Å². The van der Waals surface area contributed by atoms with Gasteiger partial charge >= 0.3 is 0 Å². The normalized spacial score (nSPS) is 14.1. The van der Waals surface area contributed by atoms with Gasteiger partial charge in [-0.1, -0.05) is 42.1 Å². The van der Waals surface area contributed by atoms with E-state index < -0.39 is 0 Å². The molecule has 1 fully saturated rings. The van der Waals surface area contributed by atoms with E-state index in [4.69, 9.17) is 4.74 Å². The summed E-state index contributed by atoms with van der Waals surface area (Å²) in [7, 11) is 1.64. The second kappa shape index (κ2) is 11.4. The Morgan fingerprint density at radius 1 is 0.917 bits per heavy atom. The molecule has 0 spiro atoms. The van der Waals surface area contributed by atoms with Crippen LogP contribution in [0.4, 0.5) is 0 Å². The van der Waals surface area contributed by atoms with Crippen molar-refractivity contribution in [3.05, 3.63) is 84.7 Å². The monoisotopic (exact) mass is 500 g/mol. The summed E-state index contributed by atoms with van der Waals surface area (Å²) in [5, 5.41) is 9.55. The van der Waals surface area contributed by atoms with E-state index in [1.807, 2.05) is 51.9 Å². The number of hydrogen-bond acceptors (Lipinski definition) is 7. The van der Waals surface area contributed by atoms with E-state index in [1.54, 1.807) is 19.5 Å². The Labute approximate surface area is 214 Å². The Morgan fingerprint density at radius 3 is 2.33 bits per heavy atom. The Hall–Kier alpha value is -3.69. The molecule has 0 unspecified atom stereocenters. The molecule has 1 aliphatic rings. The molecule has 1 saturated heterocycles. The zero-order chi connectivity index (χ0) is 24.7. The third kappa shape index (κ3) is 5.58. The van der Waals surface area contributed by atoms with E-state index in [9.17, 15) is 4.79 Å². The summed E-state index contributed by atoms with van der Waals surface area (Å²) in [5.41, 5.74) is 3.11. The lowest BCUT2D eigenvalue weighted by atomic mass is 10.2. The van der Waals surface area contributed by atoms with Crippen molar-refractivity contribution in [2.24, 2.45) is 0 Å². The first-order valence-electron chi connectivity index (χ1n) is 11.9. The lowest BCUT2D eigenvalue weighted by Gasteiger charge is -2.34. The van der Waals surface area contributed by atoms with Gasteiger partial charge in [0, 0.05) is 56.4 Å². The first-order valence-corrected chi connectivity index (χ1v) is 12.9. The van der Waals surface area contributed by atoms with Crippen molar-refractivity contribution in [1.29, 1.82) is 0 Å². The second-order valence-corrected chi connectivity index (χ2v) is 9.45. The van der Waals surface area contributed by atoms with Crippen LogP contribution in [0.15, 0.2) is 84.3 Å². The van der Waals surface area contributed by atoms with Crippen LogP contribution in [-0.4, -0.2) is 74.5 Å². The number of thioether (sulfide) groups is 1. The number of carbonyl (C=O) groups excluding carboxylic acids is 1. The zero-order valence-corrected chi connectivity index (χ0v) is 21.0. The van der Waals surface area contributed by atoms with Crippen LogP contribution in [0.3, 0.4) is 0 Å². The quantitative estimate of drug-likeness (QED) is 0.341. The van der Waals surface area contributed by atoms with Crippen LogP contribution in [0.25, 0.3) is 17.1 Å². The van der Waals surface area contributed by atoms with Gasteiger partial charge in [0.15, 0.2) is 11.0 Å². The SMILES string of the molecule is COc1ccc(-n2c(SCC(=O)N3CCN(Cc4ccccc4)CC3)nnc2-c2ccncc2)cc1. The number of carbonyl (C=O) groups is 1. The first kappa shape index (κ1) is 24.0. The van der Waals surface area contributed by atoms with Crippen molar-refractivity contribution >= 4 is 17.7 Å². The average Bonchev–Trinajstić information content (AvgIpc) is 3.37.